The summed E-state index contributed by atoms with van der Waals surface area (Å²) in [5.74, 6) is 1.17. The van der Waals surface area contributed by atoms with Crippen molar-refractivity contribution in [2.75, 3.05) is 7.11 Å². The second-order valence-electron chi connectivity index (χ2n) is 10.1. The van der Waals surface area contributed by atoms with E-state index in [4.69, 9.17) is 4.74 Å². The van der Waals surface area contributed by atoms with E-state index in [1.807, 2.05) is 26.1 Å². The number of benzene rings is 1. The summed E-state index contributed by atoms with van der Waals surface area (Å²) < 4.78 is 55.0. The van der Waals surface area contributed by atoms with Gasteiger partial charge in [-0.1, -0.05) is 47.6 Å². The molecule has 7 heteroatoms. The van der Waals surface area contributed by atoms with Gasteiger partial charge in [-0.2, -0.15) is 13.2 Å². The molecule has 0 aliphatic carbocycles. The molecule has 0 N–H and O–H groups in total. The van der Waals surface area contributed by atoms with Gasteiger partial charge in [0.15, 0.2) is 11.6 Å². The maximum atomic E-state index is 13.0. The SMILES string of the molecule is COc1cc(CC(C)C)ccc1F.Cc1cc(C(F)(F)F)cc(C(C)C)n1.Cc1ccnc(C(C)C)c1. The van der Waals surface area contributed by atoms with Crippen LogP contribution in [0, 0.1) is 25.6 Å². The number of aryl methyl sites for hydroxylation is 2. The van der Waals surface area contributed by atoms with Crippen LogP contribution in [0.3, 0.4) is 0 Å². The lowest BCUT2D eigenvalue weighted by atomic mass is 10.0. The van der Waals surface area contributed by atoms with Gasteiger partial charge in [-0.05, 0) is 85.5 Å². The quantitative estimate of drug-likeness (QED) is 0.315. The Morgan fingerprint density at radius 2 is 1.46 bits per heavy atom. The molecule has 1 aromatic carbocycles. The standard InChI is InChI=1S/C11H15FO.C10H12F3N.C9H13N/c1-8(2)6-9-4-5-10(12)11(7-9)13-3;1-6(2)9-5-8(10(11,12)13)4-7(3)14-9;1-7(2)9-6-8(3)4-5-10-9/h4-5,7-8H,6H2,1-3H3;4-6H,1-3H3;4-7H,1-3H3. The van der Waals surface area contributed by atoms with Crippen molar-refractivity contribution < 1.29 is 22.3 Å². The summed E-state index contributed by atoms with van der Waals surface area (Å²) in [6.45, 7) is 15.9. The van der Waals surface area contributed by atoms with Crippen molar-refractivity contribution in [3.8, 4) is 5.75 Å². The first-order chi connectivity index (χ1) is 17.1. The average molecular weight is 521 g/mol. The molecule has 0 unspecified atom stereocenters. The monoisotopic (exact) mass is 520 g/mol. The number of aromatic nitrogens is 2. The molecule has 0 spiro atoms. The largest absolute Gasteiger partial charge is 0.494 e. The van der Waals surface area contributed by atoms with Crippen molar-refractivity contribution in [3.05, 3.63) is 88.3 Å². The third-order valence-electron chi connectivity index (χ3n) is 5.28. The molecule has 37 heavy (non-hydrogen) atoms. The van der Waals surface area contributed by atoms with E-state index in [0.717, 1.165) is 24.1 Å². The molecule has 0 aliphatic rings. The summed E-state index contributed by atoms with van der Waals surface area (Å²) in [6, 6.07) is 11.3. The second-order valence-corrected chi connectivity index (χ2v) is 10.1. The molecule has 3 rings (SSSR count). The lowest BCUT2D eigenvalue weighted by Crippen LogP contribution is -2.08. The van der Waals surface area contributed by atoms with E-state index in [0.29, 0.717) is 29.0 Å². The van der Waals surface area contributed by atoms with Crippen molar-refractivity contribution in [2.45, 2.75) is 79.8 Å². The molecule has 3 aromatic rings. The fraction of sp³-hybridized carbons (Fsp3) is 0.467. The van der Waals surface area contributed by atoms with Crippen LogP contribution in [0.5, 0.6) is 5.75 Å². The second kappa shape index (κ2) is 14.7. The molecule has 204 valence electrons. The number of pyridine rings is 2. The highest BCUT2D eigenvalue weighted by molar-refractivity contribution is 5.30. The maximum Gasteiger partial charge on any atom is 0.416 e. The Labute approximate surface area is 219 Å². The van der Waals surface area contributed by atoms with Gasteiger partial charge in [-0.25, -0.2) is 4.39 Å². The molecule has 2 heterocycles. The van der Waals surface area contributed by atoms with Gasteiger partial charge in [-0.3, -0.25) is 9.97 Å². The first kappa shape index (κ1) is 32.1. The normalized spacial score (nSPS) is 11.1. The molecule has 0 bridgehead atoms. The number of rotatable bonds is 5. The Hall–Kier alpha value is -2.96. The summed E-state index contributed by atoms with van der Waals surface area (Å²) in [7, 11) is 1.48. The van der Waals surface area contributed by atoms with Crippen molar-refractivity contribution in [1.29, 1.82) is 0 Å². The molecular formula is C30H40F4N2O. The number of methoxy groups -OCH3 is 1. The van der Waals surface area contributed by atoms with E-state index in [2.05, 4.69) is 50.7 Å². The van der Waals surface area contributed by atoms with Crippen LogP contribution in [-0.4, -0.2) is 17.1 Å². The van der Waals surface area contributed by atoms with Gasteiger partial charge in [0.2, 0.25) is 0 Å². The number of ether oxygens (including phenoxy) is 1. The first-order valence-electron chi connectivity index (χ1n) is 12.4. The molecule has 0 fully saturated rings. The van der Waals surface area contributed by atoms with Crippen molar-refractivity contribution in [2.24, 2.45) is 5.92 Å². The zero-order valence-corrected chi connectivity index (χ0v) is 23.4. The van der Waals surface area contributed by atoms with E-state index in [9.17, 15) is 17.6 Å². The Bertz CT molecular complexity index is 1110. The molecule has 0 saturated heterocycles. The molecular weight excluding hydrogens is 480 g/mol. The smallest absolute Gasteiger partial charge is 0.416 e. The highest BCUT2D eigenvalue weighted by Gasteiger charge is 2.31. The van der Waals surface area contributed by atoms with E-state index in [1.165, 1.54) is 24.4 Å². The van der Waals surface area contributed by atoms with Gasteiger partial charge < -0.3 is 4.74 Å². The summed E-state index contributed by atoms with van der Waals surface area (Å²) in [5, 5.41) is 0. The topological polar surface area (TPSA) is 35.0 Å². The first-order valence-corrected chi connectivity index (χ1v) is 12.4. The molecule has 0 saturated carbocycles. The van der Waals surface area contributed by atoms with Crippen LogP contribution in [-0.2, 0) is 12.6 Å². The number of nitrogens with zero attached hydrogens (tertiary/aromatic N) is 2. The molecule has 2 aromatic heterocycles. The summed E-state index contributed by atoms with van der Waals surface area (Å²) >= 11 is 0. The maximum absolute atomic E-state index is 13.0. The molecule has 0 atom stereocenters. The fourth-order valence-corrected chi connectivity index (χ4v) is 3.33. The number of hydrogen-bond acceptors (Lipinski definition) is 3. The highest BCUT2D eigenvalue weighted by atomic mass is 19.4. The zero-order chi connectivity index (χ0) is 28.3. The predicted molar refractivity (Wildman–Crippen MR) is 143 cm³/mol. The minimum atomic E-state index is -4.28. The molecule has 0 radical (unpaired) electrons. The number of alkyl halides is 3. The van der Waals surface area contributed by atoms with Crippen LogP contribution >= 0.6 is 0 Å². The lowest BCUT2D eigenvalue weighted by molar-refractivity contribution is -0.137. The van der Waals surface area contributed by atoms with Gasteiger partial charge in [-0.15, -0.1) is 0 Å². The van der Waals surface area contributed by atoms with Gasteiger partial charge in [0.25, 0.3) is 0 Å². The van der Waals surface area contributed by atoms with Gasteiger partial charge in [0, 0.05) is 23.3 Å². The van der Waals surface area contributed by atoms with Gasteiger partial charge >= 0.3 is 6.18 Å². The van der Waals surface area contributed by atoms with Crippen molar-refractivity contribution in [3.63, 3.8) is 0 Å². The van der Waals surface area contributed by atoms with Crippen LogP contribution in [0.15, 0.2) is 48.7 Å². The Morgan fingerprint density at radius 1 is 0.838 bits per heavy atom. The van der Waals surface area contributed by atoms with Gasteiger partial charge in [0.1, 0.15) is 0 Å². The summed E-state index contributed by atoms with van der Waals surface area (Å²) in [5.41, 5.74) is 3.86. The minimum absolute atomic E-state index is 0.0102. The van der Waals surface area contributed by atoms with Crippen molar-refractivity contribution >= 4 is 0 Å². The molecule has 0 aliphatic heterocycles. The predicted octanol–water partition coefficient (Wildman–Crippen LogP) is 9.08. The van der Waals surface area contributed by atoms with E-state index in [1.54, 1.807) is 19.1 Å². The van der Waals surface area contributed by atoms with E-state index >= 15 is 0 Å². The number of halogens is 4. The minimum Gasteiger partial charge on any atom is -0.494 e. The van der Waals surface area contributed by atoms with Crippen LogP contribution in [0.1, 0.15) is 87.2 Å². The molecule has 3 nitrogen and oxygen atoms in total. The Kier molecular flexibility index (Phi) is 12.7. The van der Waals surface area contributed by atoms with Gasteiger partial charge in [0.05, 0.1) is 12.7 Å². The fourth-order valence-electron chi connectivity index (χ4n) is 3.33. The van der Waals surface area contributed by atoms with E-state index < -0.39 is 11.7 Å². The third kappa shape index (κ3) is 11.8. The third-order valence-corrected chi connectivity index (χ3v) is 5.28. The van der Waals surface area contributed by atoms with Crippen LogP contribution in [0.25, 0.3) is 0 Å². The zero-order valence-electron chi connectivity index (χ0n) is 23.4. The summed E-state index contributed by atoms with van der Waals surface area (Å²) in [4.78, 5) is 8.29. The van der Waals surface area contributed by atoms with E-state index in [-0.39, 0.29) is 11.7 Å². The van der Waals surface area contributed by atoms with Crippen LogP contribution < -0.4 is 4.74 Å². The van der Waals surface area contributed by atoms with Crippen molar-refractivity contribution in [1.82, 2.24) is 9.97 Å². The highest BCUT2D eigenvalue weighted by Crippen LogP contribution is 2.31. The van der Waals surface area contributed by atoms with Crippen LogP contribution in [0.4, 0.5) is 17.6 Å². The summed E-state index contributed by atoms with van der Waals surface area (Å²) in [6.07, 6.45) is -1.46. The Morgan fingerprint density at radius 3 is 1.92 bits per heavy atom. The Balaban J connectivity index is 0.000000281. The van der Waals surface area contributed by atoms with Crippen LogP contribution in [0.2, 0.25) is 0 Å². The average Bonchev–Trinajstić information content (AvgIpc) is 2.80. The molecule has 0 amide bonds. The lowest BCUT2D eigenvalue weighted by Gasteiger charge is -2.11. The number of hydrogen-bond donors (Lipinski definition) is 0.